The third-order valence-electron chi connectivity index (χ3n) is 10.4. The minimum atomic E-state index is -2.42. The highest BCUT2D eigenvalue weighted by molar-refractivity contribution is 5.89. The fraction of sp³-hybridized carbons (Fsp3) is 0.556. The molecule has 4 fully saturated rings. The Kier molecular flexibility index (Phi) is 9.88. The Morgan fingerprint density at radius 1 is 0.980 bits per heavy atom. The van der Waals surface area contributed by atoms with Crippen LogP contribution >= 0.6 is 0 Å². The van der Waals surface area contributed by atoms with Crippen LogP contribution in [-0.2, 0) is 9.53 Å². The number of aliphatic carboxylic acids is 1. The van der Waals surface area contributed by atoms with Crippen LogP contribution in [-0.4, -0.2) is 98.0 Å². The second-order valence-corrected chi connectivity index (χ2v) is 14.1. The molecule has 51 heavy (non-hydrogen) atoms. The summed E-state index contributed by atoms with van der Waals surface area (Å²) in [5, 5.41) is 72.4. The summed E-state index contributed by atoms with van der Waals surface area (Å²) >= 11 is 0. The summed E-state index contributed by atoms with van der Waals surface area (Å²) in [6, 6.07) is 9.01. The molecule has 15 heteroatoms. The molecule has 2 saturated carbocycles. The van der Waals surface area contributed by atoms with E-state index in [2.05, 4.69) is 10.6 Å². The molecular weight excluding hydrogens is 668 g/mol. The number of phenols is 1. The zero-order chi connectivity index (χ0) is 35.9. The first-order valence-electron chi connectivity index (χ1n) is 17.5. The van der Waals surface area contributed by atoms with E-state index in [4.69, 9.17) is 23.4 Å². The highest BCUT2D eigenvalue weighted by Crippen LogP contribution is 2.47. The number of benzene rings is 2. The smallest absolute Gasteiger partial charge is 0.336 e. The van der Waals surface area contributed by atoms with Crippen LogP contribution in [0, 0.1) is 0 Å². The second kappa shape index (κ2) is 14.2. The van der Waals surface area contributed by atoms with Crippen molar-refractivity contribution in [2.45, 2.75) is 112 Å². The normalized spacial score (nSPS) is 29.6. The van der Waals surface area contributed by atoms with Gasteiger partial charge in [-0.15, -0.1) is 0 Å². The monoisotopic (exact) mass is 712 g/mol. The Morgan fingerprint density at radius 2 is 1.71 bits per heavy atom. The molecule has 0 amide bonds. The molecule has 1 aromatic heterocycles. The minimum Gasteiger partial charge on any atom is -0.504 e. The fourth-order valence-corrected chi connectivity index (χ4v) is 7.61. The maximum Gasteiger partial charge on any atom is 0.336 e. The van der Waals surface area contributed by atoms with Crippen LogP contribution in [0.4, 0.5) is 0 Å². The van der Waals surface area contributed by atoms with Crippen molar-refractivity contribution >= 4 is 16.9 Å². The van der Waals surface area contributed by atoms with Gasteiger partial charge in [0.25, 0.3) is 0 Å². The topological polar surface area (TPSA) is 230 Å². The Hall–Kier alpha value is -3.96. The number of aliphatic hydroxyl groups excluding tert-OH is 2. The molecule has 3 heterocycles. The fourth-order valence-electron chi connectivity index (χ4n) is 7.61. The SMILES string of the molecule is O=C(O)[C@H]1O[C@@H](Oc2cc3oc(-c4ccc(OC5CCCC5)cc4)cc(=O)c3c(O)c2OC2(O)CCCCC2)[C@H](O)[C@H](O)[C@@]1(O)C[C@@H]1CNCN1. The molecule has 0 bridgehead atoms. The number of carbonyl (C=O) groups is 1. The number of carboxylic acid groups (broad SMARTS) is 1. The number of aromatic hydroxyl groups is 1. The predicted molar refractivity (Wildman–Crippen MR) is 179 cm³/mol. The van der Waals surface area contributed by atoms with Gasteiger partial charge in [0.05, 0.1) is 6.10 Å². The van der Waals surface area contributed by atoms with Crippen molar-refractivity contribution in [3.8, 4) is 34.3 Å². The van der Waals surface area contributed by atoms with E-state index in [1.54, 1.807) is 24.3 Å². The third kappa shape index (κ3) is 7.11. The van der Waals surface area contributed by atoms with Gasteiger partial charge in [0.1, 0.15) is 40.3 Å². The molecule has 7 rings (SSSR count). The average molecular weight is 713 g/mol. The van der Waals surface area contributed by atoms with Gasteiger partial charge in [0.15, 0.2) is 23.0 Å². The lowest BCUT2D eigenvalue weighted by Crippen LogP contribution is -2.70. The van der Waals surface area contributed by atoms with Gasteiger partial charge in [0, 0.05) is 49.8 Å². The highest BCUT2D eigenvalue weighted by atomic mass is 16.7. The van der Waals surface area contributed by atoms with Crippen LogP contribution in [0.15, 0.2) is 45.6 Å². The number of ether oxygens (including phenoxy) is 4. The first kappa shape index (κ1) is 35.4. The summed E-state index contributed by atoms with van der Waals surface area (Å²) in [7, 11) is 0. The molecule has 276 valence electrons. The Balaban J connectivity index is 1.24. The van der Waals surface area contributed by atoms with Crippen LogP contribution in [0.25, 0.3) is 22.3 Å². The predicted octanol–water partition coefficient (Wildman–Crippen LogP) is 2.07. The van der Waals surface area contributed by atoms with Gasteiger partial charge in [-0.25, -0.2) is 4.79 Å². The molecule has 2 saturated heterocycles. The maximum atomic E-state index is 13.5. The van der Waals surface area contributed by atoms with E-state index in [1.807, 2.05) is 0 Å². The number of phenolic OH excluding ortho intramolecular Hbond substituents is 1. The number of hydrogen-bond acceptors (Lipinski definition) is 14. The van der Waals surface area contributed by atoms with Crippen molar-refractivity contribution in [1.29, 1.82) is 0 Å². The lowest BCUT2D eigenvalue weighted by Gasteiger charge is -2.47. The molecule has 3 aromatic rings. The average Bonchev–Trinajstić information content (AvgIpc) is 3.82. The molecule has 6 atom stereocenters. The van der Waals surface area contributed by atoms with E-state index in [9.17, 15) is 40.2 Å². The minimum absolute atomic E-state index is 0.153. The van der Waals surface area contributed by atoms with Crippen molar-refractivity contribution in [1.82, 2.24) is 10.6 Å². The summed E-state index contributed by atoms with van der Waals surface area (Å²) in [6.07, 6.45) is -1.38. The zero-order valence-electron chi connectivity index (χ0n) is 28.0. The van der Waals surface area contributed by atoms with Gasteiger partial charge in [-0.05, 0) is 69.2 Å². The van der Waals surface area contributed by atoms with Crippen LogP contribution in [0.2, 0.25) is 0 Å². The summed E-state index contributed by atoms with van der Waals surface area (Å²) in [5.74, 6) is -4.11. The molecular formula is C36H44N2O13. The van der Waals surface area contributed by atoms with Crippen molar-refractivity contribution < 1.29 is 58.8 Å². The largest absolute Gasteiger partial charge is 0.504 e. The van der Waals surface area contributed by atoms with Crippen molar-refractivity contribution in [3.63, 3.8) is 0 Å². The van der Waals surface area contributed by atoms with E-state index in [1.165, 1.54) is 12.1 Å². The molecule has 2 aliphatic heterocycles. The molecule has 0 unspecified atom stereocenters. The molecule has 0 spiro atoms. The van der Waals surface area contributed by atoms with Crippen LogP contribution in [0.1, 0.15) is 64.2 Å². The first-order valence-corrected chi connectivity index (χ1v) is 17.5. The van der Waals surface area contributed by atoms with Crippen LogP contribution < -0.4 is 30.3 Å². The van der Waals surface area contributed by atoms with Gasteiger partial charge in [-0.2, -0.15) is 0 Å². The van der Waals surface area contributed by atoms with E-state index >= 15 is 0 Å². The van der Waals surface area contributed by atoms with Crippen molar-refractivity contribution in [2.75, 3.05) is 13.2 Å². The maximum absolute atomic E-state index is 13.5. The third-order valence-corrected chi connectivity index (χ3v) is 10.4. The van der Waals surface area contributed by atoms with Crippen LogP contribution in [0.5, 0.6) is 23.0 Å². The van der Waals surface area contributed by atoms with E-state index < -0.39 is 64.9 Å². The zero-order valence-corrected chi connectivity index (χ0v) is 28.0. The summed E-state index contributed by atoms with van der Waals surface area (Å²) in [5.41, 5.74) is -2.67. The van der Waals surface area contributed by atoms with Gasteiger partial charge in [-0.3, -0.25) is 4.79 Å². The number of aliphatic hydroxyl groups is 4. The van der Waals surface area contributed by atoms with Gasteiger partial charge in [0.2, 0.25) is 17.8 Å². The number of rotatable bonds is 10. The summed E-state index contributed by atoms with van der Waals surface area (Å²) in [6.45, 7) is 0.783. The number of nitrogens with one attached hydrogen (secondary N) is 2. The molecule has 2 aromatic carbocycles. The molecule has 8 N–H and O–H groups in total. The Labute approximate surface area is 292 Å². The lowest BCUT2D eigenvalue weighted by molar-refractivity contribution is -0.307. The Morgan fingerprint density at radius 3 is 2.37 bits per heavy atom. The van der Waals surface area contributed by atoms with Crippen molar-refractivity contribution in [3.05, 3.63) is 46.6 Å². The number of fused-ring (bicyclic) bond motifs is 1. The molecule has 0 radical (unpaired) electrons. The van der Waals surface area contributed by atoms with Gasteiger partial charge >= 0.3 is 5.97 Å². The number of hydrogen-bond donors (Lipinski definition) is 8. The first-order chi connectivity index (χ1) is 24.4. The van der Waals surface area contributed by atoms with E-state index in [-0.39, 0.29) is 47.8 Å². The Bertz CT molecular complexity index is 1780. The van der Waals surface area contributed by atoms with Gasteiger partial charge < -0.3 is 64.6 Å². The van der Waals surface area contributed by atoms with Crippen LogP contribution in [0.3, 0.4) is 0 Å². The number of carboxylic acids is 1. The second-order valence-electron chi connectivity index (χ2n) is 14.1. The quantitative estimate of drug-likeness (QED) is 0.141. The van der Waals surface area contributed by atoms with E-state index in [0.29, 0.717) is 37.4 Å². The summed E-state index contributed by atoms with van der Waals surface area (Å²) < 4.78 is 29.7. The highest BCUT2D eigenvalue weighted by Gasteiger charge is 2.59. The van der Waals surface area contributed by atoms with E-state index in [0.717, 1.165) is 32.1 Å². The standard InChI is InChI=1S/C36H44N2O13/c39-23-14-24(19-8-10-22(11-9-19)47-21-6-2-3-7-21)48-25-15-26(30(28(40)27(23)25)51-35(45)12-4-1-5-13-35)49-34-29(41)31(42)36(46,32(50-34)33(43)44)16-20-17-37-18-38-20/h8-11,14-15,20-21,29,31-32,34,37-38,40-42,45-46H,1-7,12-13,16-18H2,(H,43,44)/t20-,29-,31+,32-,34-,36+/m1/s1. The lowest BCUT2D eigenvalue weighted by atomic mass is 9.79. The van der Waals surface area contributed by atoms with Gasteiger partial charge in [-0.1, -0.05) is 6.42 Å². The van der Waals surface area contributed by atoms with Crippen molar-refractivity contribution in [2.24, 2.45) is 0 Å². The molecule has 2 aliphatic carbocycles. The summed E-state index contributed by atoms with van der Waals surface area (Å²) in [4.78, 5) is 25.9. The molecule has 15 nitrogen and oxygen atoms in total. The molecule has 4 aliphatic rings.